The molecule has 0 saturated heterocycles. The second kappa shape index (κ2) is 10.7. The van der Waals surface area contributed by atoms with Gasteiger partial charge in [-0.1, -0.05) is 0 Å². The first-order valence-electron chi connectivity index (χ1n) is 7.43. The zero-order valence-corrected chi connectivity index (χ0v) is 13.9. The minimum atomic E-state index is 0.0194. The Morgan fingerprint density at radius 2 is 1.82 bits per heavy atom. The standard InChI is InChI=1S/C16H27N3O3/c1-13(22-15-8-6-14(21-4)7-9-15)12-19-16(17-2)18-10-5-11-20-3/h6-9,13H,5,10-12H2,1-4H3,(H2,17,18,19). The Labute approximate surface area is 132 Å². The van der Waals surface area contributed by atoms with Gasteiger partial charge >= 0.3 is 0 Å². The number of methoxy groups -OCH3 is 2. The van der Waals surface area contributed by atoms with E-state index in [-0.39, 0.29) is 6.10 Å². The van der Waals surface area contributed by atoms with E-state index in [1.807, 2.05) is 31.2 Å². The SMILES string of the molecule is CN=C(NCCCOC)NCC(C)Oc1ccc(OC)cc1. The zero-order chi connectivity index (χ0) is 16.2. The second-order valence-electron chi connectivity index (χ2n) is 4.83. The Morgan fingerprint density at radius 3 is 2.41 bits per heavy atom. The summed E-state index contributed by atoms with van der Waals surface area (Å²) in [5.74, 6) is 2.40. The van der Waals surface area contributed by atoms with E-state index in [4.69, 9.17) is 14.2 Å². The molecule has 0 radical (unpaired) electrons. The van der Waals surface area contributed by atoms with E-state index in [0.29, 0.717) is 6.54 Å². The summed E-state index contributed by atoms with van der Waals surface area (Å²) in [5, 5.41) is 6.46. The van der Waals surface area contributed by atoms with Crippen molar-refractivity contribution in [3.63, 3.8) is 0 Å². The molecule has 0 saturated carbocycles. The molecule has 6 nitrogen and oxygen atoms in total. The molecule has 1 aromatic rings. The van der Waals surface area contributed by atoms with E-state index in [1.165, 1.54) is 0 Å². The van der Waals surface area contributed by atoms with Crippen molar-refractivity contribution in [3.05, 3.63) is 24.3 Å². The average Bonchev–Trinajstić information content (AvgIpc) is 2.55. The van der Waals surface area contributed by atoms with E-state index in [9.17, 15) is 0 Å². The molecule has 1 aromatic carbocycles. The summed E-state index contributed by atoms with van der Waals surface area (Å²) in [6.07, 6.45) is 0.959. The molecule has 0 amide bonds. The predicted octanol–water partition coefficient (Wildman–Crippen LogP) is 1.66. The van der Waals surface area contributed by atoms with Crippen molar-refractivity contribution in [2.45, 2.75) is 19.4 Å². The number of aliphatic imine (C=N–C) groups is 1. The normalized spacial score (nSPS) is 12.6. The molecule has 0 aliphatic carbocycles. The molecule has 124 valence electrons. The molecule has 22 heavy (non-hydrogen) atoms. The number of nitrogens with zero attached hydrogens (tertiary/aromatic N) is 1. The van der Waals surface area contributed by atoms with E-state index in [2.05, 4.69) is 15.6 Å². The van der Waals surface area contributed by atoms with Crippen LogP contribution in [0.1, 0.15) is 13.3 Å². The van der Waals surface area contributed by atoms with Gasteiger partial charge in [-0.3, -0.25) is 4.99 Å². The van der Waals surface area contributed by atoms with Crippen LogP contribution in [0.2, 0.25) is 0 Å². The molecule has 6 heteroatoms. The largest absolute Gasteiger partial charge is 0.497 e. The Balaban J connectivity index is 2.29. The lowest BCUT2D eigenvalue weighted by molar-refractivity contribution is 0.195. The maximum atomic E-state index is 5.83. The van der Waals surface area contributed by atoms with Crippen LogP contribution in [-0.2, 0) is 4.74 Å². The second-order valence-corrected chi connectivity index (χ2v) is 4.83. The van der Waals surface area contributed by atoms with Gasteiger partial charge in [-0.05, 0) is 37.6 Å². The number of hydrogen-bond acceptors (Lipinski definition) is 4. The molecule has 0 bridgehead atoms. The van der Waals surface area contributed by atoms with Crippen molar-refractivity contribution >= 4 is 5.96 Å². The van der Waals surface area contributed by atoms with Crippen LogP contribution in [0.4, 0.5) is 0 Å². The third-order valence-corrected chi connectivity index (χ3v) is 2.99. The van der Waals surface area contributed by atoms with Crippen molar-refractivity contribution in [1.82, 2.24) is 10.6 Å². The molecule has 0 aromatic heterocycles. The van der Waals surface area contributed by atoms with Crippen LogP contribution >= 0.6 is 0 Å². The lowest BCUT2D eigenvalue weighted by atomic mass is 10.3. The van der Waals surface area contributed by atoms with E-state index < -0.39 is 0 Å². The van der Waals surface area contributed by atoms with Gasteiger partial charge in [0.25, 0.3) is 0 Å². The maximum Gasteiger partial charge on any atom is 0.191 e. The Hall–Kier alpha value is -1.95. The van der Waals surface area contributed by atoms with Crippen molar-refractivity contribution in [2.24, 2.45) is 4.99 Å². The fourth-order valence-corrected chi connectivity index (χ4v) is 1.81. The highest BCUT2D eigenvalue weighted by Gasteiger charge is 2.05. The van der Waals surface area contributed by atoms with Gasteiger partial charge in [-0.15, -0.1) is 0 Å². The number of guanidine groups is 1. The van der Waals surface area contributed by atoms with Crippen LogP contribution in [0.15, 0.2) is 29.3 Å². The van der Waals surface area contributed by atoms with Gasteiger partial charge in [0.15, 0.2) is 5.96 Å². The molecule has 0 aliphatic heterocycles. The highest BCUT2D eigenvalue weighted by molar-refractivity contribution is 5.79. The summed E-state index contributed by atoms with van der Waals surface area (Å²) in [7, 11) is 5.10. The first-order chi connectivity index (χ1) is 10.7. The molecule has 1 rings (SSSR count). The fourth-order valence-electron chi connectivity index (χ4n) is 1.81. The summed E-state index contributed by atoms with van der Waals surface area (Å²) in [4.78, 5) is 4.17. The number of benzene rings is 1. The summed E-state index contributed by atoms with van der Waals surface area (Å²) in [5.41, 5.74) is 0. The number of ether oxygens (including phenoxy) is 3. The van der Waals surface area contributed by atoms with Gasteiger partial charge in [-0.2, -0.15) is 0 Å². The molecule has 0 heterocycles. The molecule has 0 aliphatic rings. The summed E-state index contributed by atoms with van der Waals surface area (Å²) in [6.45, 7) is 4.23. The summed E-state index contributed by atoms with van der Waals surface area (Å²) < 4.78 is 16.0. The van der Waals surface area contributed by atoms with Crippen molar-refractivity contribution < 1.29 is 14.2 Å². The molecule has 2 N–H and O–H groups in total. The van der Waals surface area contributed by atoms with Gasteiger partial charge in [0.1, 0.15) is 17.6 Å². The average molecular weight is 309 g/mol. The Kier molecular flexibility index (Phi) is 8.83. The number of hydrogen-bond donors (Lipinski definition) is 2. The first kappa shape index (κ1) is 18.1. The highest BCUT2D eigenvalue weighted by Crippen LogP contribution is 2.17. The minimum absolute atomic E-state index is 0.0194. The van der Waals surface area contributed by atoms with Gasteiger partial charge in [0.05, 0.1) is 13.7 Å². The van der Waals surface area contributed by atoms with Crippen LogP contribution in [-0.4, -0.2) is 53.0 Å². The lowest BCUT2D eigenvalue weighted by Gasteiger charge is -2.18. The quantitative estimate of drug-likeness (QED) is 0.413. The van der Waals surface area contributed by atoms with Gasteiger partial charge < -0.3 is 24.8 Å². The Morgan fingerprint density at radius 1 is 1.14 bits per heavy atom. The third-order valence-electron chi connectivity index (χ3n) is 2.99. The minimum Gasteiger partial charge on any atom is -0.497 e. The van der Waals surface area contributed by atoms with Crippen molar-refractivity contribution in [1.29, 1.82) is 0 Å². The molecular formula is C16H27N3O3. The maximum absolute atomic E-state index is 5.83. The lowest BCUT2D eigenvalue weighted by Crippen LogP contribution is -2.42. The highest BCUT2D eigenvalue weighted by atomic mass is 16.5. The van der Waals surface area contributed by atoms with E-state index in [0.717, 1.165) is 37.0 Å². The monoisotopic (exact) mass is 309 g/mol. The molecule has 1 unspecified atom stereocenters. The molecule has 0 spiro atoms. The van der Waals surface area contributed by atoms with Crippen LogP contribution in [0.5, 0.6) is 11.5 Å². The van der Waals surface area contributed by atoms with Gasteiger partial charge in [-0.25, -0.2) is 0 Å². The van der Waals surface area contributed by atoms with Gasteiger partial charge in [0.2, 0.25) is 0 Å². The van der Waals surface area contributed by atoms with E-state index in [1.54, 1.807) is 21.3 Å². The third kappa shape index (κ3) is 7.17. The molecule has 0 fully saturated rings. The predicted molar refractivity (Wildman–Crippen MR) is 88.9 cm³/mol. The van der Waals surface area contributed by atoms with Crippen LogP contribution in [0.25, 0.3) is 0 Å². The summed E-state index contributed by atoms with van der Waals surface area (Å²) >= 11 is 0. The first-order valence-corrected chi connectivity index (χ1v) is 7.43. The Bertz CT molecular complexity index is 435. The fraction of sp³-hybridized carbons (Fsp3) is 0.562. The van der Waals surface area contributed by atoms with E-state index >= 15 is 0 Å². The van der Waals surface area contributed by atoms with Crippen LogP contribution < -0.4 is 20.1 Å². The van der Waals surface area contributed by atoms with Crippen LogP contribution in [0.3, 0.4) is 0 Å². The number of rotatable bonds is 9. The molecular weight excluding hydrogens is 282 g/mol. The number of nitrogens with one attached hydrogen (secondary N) is 2. The van der Waals surface area contributed by atoms with Crippen LogP contribution in [0, 0.1) is 0 Å². The van der Waals surface area contributed by atoms with Crippen molar-refractivity contribution in [2.75, 3.05) is 41.0 Å². The zero-order valence-electron chi connectivity index (χ0n) is 13.9. The van der Waals surface area contributed by atoms with Gasteiger partial charge in [0, 0.05) is 27.3 Å². The smallest absolute Gasteiger partial charge is 0.191 e. The molecule has 1 atom stereocenters. The summed E-state index contributed by atoms with van der Waals surface area (Å²) in [6, 6.07) is 7.55. The van der Waals surface area contributed by atoms with Crippen molar-refractivity contribution in [3.8, 4) is 11.5 Å². The topological polar surface area (TPSA) is 64.1 Å².